The minimum absolute atomic E-state index is 0.0976. The predicted molar refractivity (Wildman–Crippen MR) is 47.4 cm³/mol. The summed E-state index contributed by atoms with van der Waals surface area (Å²) in [6.45, 7) is 0. The van der Waals surface area contributed by atoms with Crippen LogP contribution in [0.5, 0.6) is 0 Å². The summed E-state index contributed by atoms with van der Waals surface area (Å²) in [4.78, 5) is 9.28. The average Bonchev–Trinajstić information content (AvgIpc) is 2.16. The van der Waals surface area contributed by atoms with Gasteiger partial charge in [0.05, 0.1) is 17.4 Å². The van der Waals surface area contributed by atoms with Crippen molar-refractivity contribution >= 4 is 5.69 Å². The lowest BCUT2D eigenvalue weighted by molar-refractivity contribution is -0.388. The molecule has 1 rings (SSSR count). The van der Waals surface area contributed by atoms with Crippen LogP contribution in [0.4, 0.5) is 18.9 Å². The van der Waals surface area contributed by atoms with Crippen LogP contribution < -0.4 is 0 Å². The van der Waals surface area contributed by atoms with E-state index in [9.17, 15) is 23.3 Å². The van der Waals surface area contributed by atoms with Crippen LogP contribution in [0.1, 0.15) is 11.1 Å². The third-order valence-electron chi connectivity index (χ3n) is 1.85. The molecule has 0 aliphatic heterocycles. The molecule has 1 aromatic carbocycles. The van der Waals surface area contributed by atoms with E-state index in [-0.39, 0.29) is 12.0 Å². The average molecular weight is 230 g/mol. The van der Waals surface area contributed by atoms with Gasteiger partial charge in [0.15, 0.2) is 0 Å². The van der Waals surface area contributed by atoms with Gasteiger partial charge in [-0.25, -0.2) is 0 Å². The molecule has 0 unspecified atom stereocenters. The Morgan fingerprint density at radius 2 is 2.06 bits per heavy atom. The number of benzene rings is 1. The fourth-order valence-corrected chi connectivity index (χ4v) is 1.17. The van der Waals surface area contributed by atoms with Gasteiger partial charge in [-0.15, -0.1) is 0 Å². The van der Waals surface area contributed by atoms with Crippen molar-refractivity contribution in [2.75, 3.05) is 0 Å². The van der Waals surface area contributed by atoms with E-state index in [1.165, 1.54) is 0 Å². The van der Waals surface area contributed by atoms with E-state index in [1.807, 2.05) is 0 Å². The highest BCUT2D eigenvalue weighted by Crippen LogP contribution is 2.36. The Hall–Kier alpha value is -2.10. The summed E-state index contributed by atoms with van der Waals surface area (Å²) in [6.07, 6.45) is -5.02. The zero-order valence-corrected chi connectivity index (χ0v) is 7.78. The third-order valence-corrected chi connectivity index (χ3v) is 1.85. The Morgan fingerprint density at radius 1 is 1.44 bits per heavy atom. The molecule has 0 aliphatic rings. The number of hydrogen-bond donors (Lipinski definition) is 0. The van der Waals surface area contributed by atoms with E-state index in [0.717, 1.165) is 12.1 Å². The van der Waals surface area contributed by atoms with Crippen LogP contribution in [-0.4, -0.2) is 4.92 Å². The van der Waals surface area contributed by atoms with E-state index < -0.39 is 22.4 Å². The van der Waals surface area contributed by atoms with Gasteiger partial charge in [0.1, 0.15) is 5.56 Å². The van der Waals surface area contributed by atoms with Crippen molar-refractivity contribution in [2.45, 2.75) is 12.6 Å². The van der Waals surface area contributed by atoms with Crippen LogP contribution in [0, 0.1) is 21.4 Å². The Kier molecular flexibility index (Phi) is 3.13. The number of nitriles is 1. The van der Waals surface area contributed by atoms with Gasteiger partial charge in [-0.05, 0) is 11.6 Å². The maximum atomic E-state index is 12.4. The first kappa shape index (κ1) is 12.0. The quantitative estimate of drug-likeness (QED) is 0.579. The Balaban J connectivity index is 3.34. The van der Waals surface area contributed by atoms with E-state index in [2.05, 4.69) is 0 Å². The second-order valence-corrected chi connectivity index (χ2v) is 2.94. The molecular formula is C9H5F3N2O2. The van der Waals surface area contributed by atoms with E-state index >= 15 is 0 Å². The van der Waals surface area contributed by atoms with Crippen molar-refractivity contribution in [2.24, 2.45) is 0 Å². The van der Waals surface area contributed by atoms with E-state index in [4.69, 9.17) is 5.26 Å². The Labute approximate surface area is 88.1 Å². The van der Waals surface area contributed by atoms with Crippen LogP contribution in [0.2, 0.25) is 0 Å². The van der Waals surface area contributed by atoms with Gasteiger partial charge in [0.25, 0.3) is 5.69 Å². The van der Waals surface area contributed by atoms with Crippen LogP contribution in [0.3, 0.4) is 0 Å². The molecule has 1 aromatic rings. The van der Waals surface area contributed by atoms with Crippen LogP contribution in [0.25, 0.3) is 0 Å². The highest BCUT2D eigenvalue weighted by molar-refractivity contribution is 5.45. The summed E-state index contributed by atoms with van der Waals surface area (Å²) >= 11 is 0. The monoisotopic (exact) mass is 230 g/mol. The highest BCUT2D eigenvalue weighted by Gasteiger charge is 2.38. The second kappa shape index (κ2) is 4.18. The zero-order chi connectivity index (χ0) is 12.3. The highest BCUT2D eigenvalue weighted by atomic mass is 19.4. The van der Waals surface area contributed by atoms with Gasteiger partial charge >= 0.3 is 6.18 Å². The Bertz CT molecular complexity index is 463. The number of alkyl halides is 3. The largest absolute Gasteiger partial charge is 0.423 e. The van der Waals surface area contributed by atoms with Crippen molar-refractivity contribution in [1.82, 2.24) is 0 Å². The number of hydrogen-bond acceptors (Lipinski definition) is 3. The molecule has 0 heterocycles. The predicted octanol–water partition coefficient (Wildman–Crippen LogP) is 2.68. The molecule has 16 heavy (non-hydrogen) atoms. The SMILES string of the molecule is N#CCc1ccc([N+](=O)[O-])c(C(F)(F)F)c1. The lowest BCUT2D eigenvalue weighted by atomic mass is 10.1. The standard InChI is InChI=1S/C9H5F3N2O2/c10-9(11,12)7-5-6(3-4-13)1-2-8(7)14(15)16/h1-2,5H,3H2. The zero-order valence-electron chi connectivity index (χ0n) is 7.78. The Morgan fingerprint density at radius 3 is 2.50 bits per heavy atom. The minimum Gasteiger partial charge on any atom is -0.258 e. The molecule has 84 valence electrons. The molecule has 0 radical (unpaired) electrons. The molecule has 0 saturated heterocycles. The third kappa shape index (κ3) is 2.48. The second-order valence-electron chi connectivity index (χ2n) is 2.94. The summed E-state index contributed by atoms with van der Waals surface area (Å²) in [5, 5.41) is 18.7. The van der Waals surface area contributed by atoms with Gasteiger partial charge in [-0.2, -0.15) is 18.4 Å². The number of rotatable bonds is 2. The molecule has 0 aromatic heterocycles. The van der Waals surface area contributed by atoms with Gasteiger partial charge in [-0.1, -0.05) is 6.07 Å². The lowest BCUT2D eigenvalue weighted by Crippen LogP contribution is -2.09. The summed E-state index contributed by atoms with van der Waals surface area (Å²) in [5.74, 6) is 0. The molecule has 0 saturated carbocycles. The van der Waals surface area contributed by atoms with Gasteiger partial charge < -0.3 is 0 Å². The molecule has 0 bridgehead atoms. The maximum absolute atomic E-state index is 12.4. The lowest BCUT2D eigenvalue weighted by Gasteiger charge is -2.08. The number of nitrogens with zero attached hydrogens (tertiary/aromatic N) is 2. The minimum atomic E-state index is -4.80. The fraction of sp³-hybridized carbons (Fsp3) is 0.222. The summed E-state index contributed by atoms with van der Waals surface area (Å²) in [7, 11) is 0. The van der Waals surface area contributed by atoms with Crippen molar-refractivity contribution < 1.29 is 18.1 Å². The normalized spacial score (nSPS) is 10.9. The van der Waals surface area contributed by atoms with E-state index in [1.54, 1.807) is 6.07 Å². The van der Waals surface area contributed by atoms with Gasteiger partial charge in [0, 0.05) is 6.07 Å². The molecule has 0 atom stereocenters. The number of halogens is 3. The molecule has 0 N–H and O–H groups in total. The van der Waals surface area contributed by atoms with Crippen molar-refractivity contribution in [1.29, 1.82) is 5.26 Å². The molecular weight excluding hydrogens is 225 g/mol. The number of nitro groups is 1. The first-order valence-electron chi connectivity index (χ1n) is 4.07. The van der Waals surface area contributed by atoms with Crippen molar-refractivity contribution in [3.05, 3.63) is 39.4 Å². The molecule has 0 aliphatic carbocycles. The summed E-state index contributed by atoms with van der Waals surface area (Å²) in [6, 6.07) is 4.20. The fourth-order valence-electron chi connectivity index (χ4n) is 1.17. The van der Waals surface area contributed by atoms with Crippen molar-refractivity contribution in [3.8, 4) is 6.07 Å². The first-order chi connectivity index (χ1) is 7.36. The number of nitro benzene ring substituents is 1. The molecule has 0 amide bonds. The summed E-state index contributed by atoms with van der Waals surface area (Å²) < 4.78 is 37.3. The van der Waals surface area contributed by atoms with Crippen LogP contribution >= 0.6 is 0 Å². The molecule has 0 fully saturated rings. The first-order valence-corrected chi connectivity index (χ1v) is 4.07. The topological polar surface area (TPSA) is 66.9 Å². The molecule has 4 nitrogen and oxygen atoms in total. The van der Waals surface area contributed by atoms with Crippen LogP contribution in [-0.2, 0) is 12.6 Å². The van der Waals surface area contributed by atoms with E-state index in [0.29, 0.717) is 6.07 Å². The van der Waals surface area contributed by atoms with Gasteiger partial charge in [0.2, 0.25) is 0 Å². The van der Waals surface area contributed by atoms with Gasteiger partial charge in [-0.3, -0.25) is 10.1 Å². The summed E-state index contributed by atoms with van der Waals surface area (Å²) in [5.41, 5.74) is -2.24. The van der Waals surface area contributed by atoms with Crippen LogP contribution in [0.15, 0.2) is 18.2 Å². The molecule has 7 heteroatoms. The smallest absolute Gasteiger partial charge is 0.258 e. The molecule has 0 spiro atoms. The van der Waals surface area contributed by atoms with Crippen molar-refractivity contribution in [3.63, 3.8) is 0 Å². The maximum Gasteiger partial charge on any atom is 0.423 e.